The van der Waals surface area contributed by atoms with Gasteiger partial charge >= 0.3 is 35.5 Å². The summed E-state index contributed by atoms with van der Waals surface area (Å²) in [6, 6.07) is 11.5. The van der Waals surface area contributed by atoms with Crippen molar-refractivity contribution in [2.24, 2.45) is 11.7 Å². The molecule has 0 saturated heterocycles. The van der Waals surface area contributed by atoms with E-state index in [1.54, 1.807) is 0 Å². The first kappa shape index (κ1) is 37.5. The standard InChI is InChI=1S/C27H32ClI3N2O5.Na.H/c1-2-17(27(36)37)13-18-19(29)14-20(30)22(24(18)31)21(34)11-7-4-8-12-33-26(35)23(28)25(32)38-15-16-9-5-3-6-10-16;;/h3,5-6,9-10,14,17,23,25H,2,4,7-8,11-13,15,32H2,1H3,(H,33,35)(H,36,37);;. The Morgan fingerprint density at radius 1 is 1.08 bits per heavy atom. The zero-order chi connectivity index (χ0) is 28.2. The Balaban J connectivity index is 0.00000760. The maximum absolute atomic E-state index is 13.1. The summed E-state index contributed by atoms with van der Waals surface area (Å²) in [4.78, 5) is 36.9. The van der Waals surface area contributed by atoms with Crippen molar-refractivity contribution in [2.45, 2.75) is 63.7 Å². The fraction of sp³-hybridized carbons (Fsp3) is 0.444. The second-order valence-corrected chi connectivity index (χ2v) is 12.7. The van der Waals surface area contributed by atoms with Crippen LogP contribution in [-0.4, -0.2) is 70.5 Å². The Bertz CT molecular complexity index is 1110. The van der Waals surface area contributed by atoms with Crippen LogP contribution in [0.15, 0.2) is 36.4 Å². The monoisotopic (exact) mass is 904 g/mol. The summed E-state index contributed by atoms with van der Waals surface area (Å²) in [6.07, 6.45) is 2.53. The number of carbonyl (C=O) groups is 3. The van der Waals surface area contributed by atoms with E-state index < -0.39 is 23.5 Å². The summed E-state index contributed by atoms with van der Waals surface area (Å²) in [6.45, 7) is 2.56. The second-order valence-electron chi connectivity index (χ2n) is 8.84. The third-order valence-corrected chi connectivity index (χ3v) is 9.49. The number of halogens is 4. The van der Waals surface area contributed by atoms with Gasteiger partial charge in [0.05, 0.1) is 12.5 Å². The molecule has 0 radical (unpaired) electrons. The maximum atomic E-state index is 13.1. The van der Waals surface area contributed by atoms with Gasteiger partial charge in [-0.2, -0.15) is 0 Å². The Labute approximate surface area is 298 Å². The summed E-state index contributed by atoms with van der Waals surface area (Å²) in [5.74, 6) is -1.63. The summed E-state index contributed by atoms with van der Waals surface area (Å²) in [7, 11) is 0. The minimum absolute atomic E-state index is 0. The van der Waals surface area contributed by atoms with E-state index in [-0.39, 0.29) is 47.9 Å². The molecule has 2 rings (SSSR count). The van der Waals surface area contributed by atoms with Crippen LogP contribution in [0.5, 0.6) is 0 Å². The van der Waals surface area contributed by atoms with Crippen LogP contribution < -0.4 is 11.1 Å². The second kappa shape index (κ2) is 19.6. The van der Waals surface area contributed by atoms with E-state index in [0.717, 1.165) is 28.3 Å². The Kier molecular flexibility index (Phi) is 18.8. The van der Waals surface area contributed by atoms with E-state index in [1.165, 1.54) is 0 Å². The third-order valence-electron chi connectivity index (χ3n) is 6.04. The Hall–Kier alpha value is 0.450. The molecule has 3 atom stereocenters. The first-order chi connectivity index (χ1) is 18.1. The predicted octanol–water partition coefficient (Wildman–Crippen LogP) is 5.47. The molecular formula is C27H33ClI3N2NaO5. The third kappa shape index (κ3) is 12.3. The molecule has 0 heterocycles. The van der Waals surface area contributed by atoms with Gasteiger partial charge in [-0.25, -0.2) is 0 Å². The molecule has 2 aromatic rings. The first-order valence-electron chi connectivity index (χ1n) is 12.3. The van der Waals surface area contributed by atoms with Gasteiger partial charge in [0.15, 0.2) is 11.2 Å². The van der Waals surface area contributed by atoms with E-state index in [9.17, 15) is 19.5 Å². The normalized spacial score (nSPS) is 13.2. The number of ether oxygens (including phenoxy) is 1. The van der Waals surface area contributed by atoms with Gasteiger partial charge in [0.1, 0.15) is 6.23 Å². The molecule has 39 heavy (non-hydrogen) atoms. The number of carbonyl (C=O) groups excluding carboxylic acids is 2. The van der Waals surface area contributed by atoms with Gasteiger partial charge in [-0.05, 0) is 111 Å². The fourth-order valence-corrected chi connectivity index (χ4v) is 8.31. The average molecular weight is 905 g/mol. The number of Topliss-reactive ketones (excluding diaryl/α,β-unsaturated/α-hetero) is 1. The quantitative estimate of drug-likeness (QED) is 0.0514. The predicted molar refractivity (Wildman–Crippen MR) is 182 cm³/mol. The van der Waals surface area contributed by atoms with Crippen molar-refractivity contribution in [3.05, 3.63) is 63.8 Å². The van der Waals surface area contributed by atoms with E-state index in [0.29, 0.717) is 44.2 Å². The number of nitrogens with one attached hydrogen (secondary N) is 1. The Morgan fingerprint density at radius 2 is 1.74 bits per heavy atom. The number of unbranched alkanes of at least 4 members (excludes halogenated alkanes) is 2. The van der Waals surface area contributed by atoms with E-state index >= 15 is 0 Å². The van der Waals surface area contributed by atoms with Crippen LogP contribution in [0.25, 0.3) is 0 Å². The van der Waals surface area contributed by atoms with Gasteiger partial charge in [-0.1, -0.05) is 43.7 Å². The van der Waals surface area contributed by atoms with Crippen LogP contribution in [-0.2, 0) is 27.4 Å². The topological polar surface area (TPSA) is 119 Å². The van der Waals surface area contributed by atoms with Crippen molar-refractivity contribution in [3.63, 3.8) is 0 Å². The number of hydrogen-bond donors (Lipinski definition) is 3. The molecule has 3 unspecified atom stereocenters. The van der Waals surface area contributed by atoms with E-state index in [4.69, 9.17) is 22.1 Å². The number of amides is 1. The van der Waals surface area contributed by atoms with Crippen molar-refractivity contribution >= 4 is 127 Å². The molecule has 0 aliphatic carbocycles. The number of rotatable bonds is 16. The summed E-state index contributed by atoms with van der Waals surface area (Å²) < 4.78 is 8.21. The fourth-order valence-electron chi connectivity index (χ4n) is 3.75. The summed E-state index contributed by atoms with van der Waals surface area (Å²) >= 11 is 12.7. The van der Waals surface area contributed by atoms with Crippen LogP contribution in [0.3, 0.4) is 0 Å². The molecule has 0 aromatic heterocycles. The molecule has 7 nitrogen and oxygen atoms in total. The molecule has 12 heteroatoms. The van der Waals surface area contributed by atoms with E-state index in [1.807, 2.05) is 43.3 Å². The number of carboxylic acid groups (broad SMARTS) is 1. The minimum atomic E-state index is -1.01. The van der Waals surface area contributed by atoms with Crippen molar-refractivity contribution in [1.29, 1.82) is 0 Å². The SMILES string of the molecule is CCC(Cc1c(I)cc(I)c(C(=O)CCCCCNC(=O)C(Cl)C(N)OCc2ccccc2)c1I)C(=O)O.[NaH]. The number of ketones is 1. The average Bonchev–Trinajstić information content (AvgIpc) is 2.88. The summed E-state index contributed by atoms with van der Waals surface area (Å²) in [5, 5.41) is 11.2. The molecule has 0 spiro atoms. The number of alkyl halides is 1. The van der Waals surface area contributed by atoms with Crippen molar-refractivity contribution < 1.29 is 24.2 Å². The molecule has 0 bridgehead atoms. The number of carboxylic acids is 1. The molecule has 0 aliphatic heterocycles. The van der Waals surface area contributed by atoms with Crippen LogP contribution >= 0.6 is 79.4 Å². The summed E-state index contributed by atoms with van der Waals surface area (Å²) in [5.41, 5.74) is 8.45. The molecule has 0 saturated carbocycles. The van der Waals surface area contributed by atoms with Gasteiger partial charge in [-0.3, -0.25) is 14.4 Å². The molecule has 2 aromatic carbocycles. The molecule has 210 valence electrons. The van der Waals surface area contributed by atoms with Crippen LogP contribution in [0.1, 0.15) is 60.5 Å². The van der Waals surface area contributed by atoms with Gasteiger partial charge in [0.25, 0.3) is 0 Å². The zero-order valence-corrected chi connectivity index (χ0v) is 28.3. The van der Waals surface area contributed by atoms with Gasteiger partial charge in [0, 0.05) is 29.2 Å². The van der Waals surface area contributed by atoms with Crippen molar-refractivity contribution in [3.8, 4) is 0 Å². The number of aliphatic carboxylic acids is 1. The van der Waals surface area contributed by atoms with Crippen molar-refractivity contribution in [2.75, 3.05) is 6.54 Å². The first-order valence-corrected chi connectivity index (χ1v) is 16.0. The molecule has 4 N–H and O–H groups in total. The van der Waals surface area contributed by atoms with Crippen LogP contribution in [0.2, 0.25) is 0 Å². The van der Waals surface area contributed by atoms with Crippen LogP contribution in [0, 0.1) is 16.6 Å². The number of benzene rings is 2. The number of hydrogen-bond acceptors (Lipinski definition) is 5. The van der Waals surface area contributed by atoms with Crippen molar-refractivity contribution in [1.82, 2.24) is 5.32 Å². The molecular weight excluding hydrogens is 871 g/mol. The molecule has 0 aliphatic rings. The van der Waals surface area contributed by atoms with Crippen LogP contribution in [0.4, 0.5) is 0 Å². The molecule has 1 amide bonds. The van der Waals surface area contributed by atoms with Gasteiger partial charge < -0.3 is 20.9 Å². The van der Waals surface area contributed by atoms with Gasteiger partial charge in [-0.15, -0.1) is 11.6 Å². The molecule has 0 fully saturated rings. The Morgan fingerprint density at radius 3 is 2.36 bits per heavy atom. The van der Waals surface area contributed by atoms with E-state index in [2.05, 4.69) is 73.1 Å². The van der Waals surface area contributed by atoms with Gasteiger partial charge in [0.2, 0.25) is 5.91 Å². The number of nitrogens with two attached hydrogens (primary N) is 1. The zero-order valence-electron chi connectivity index (χ0n) is 21.0.